The fourth-order valence-electron chi connectivity index (χ4n) is 2.99. The van der Waals surface area contributed by atoms with Crippen LogP contribution in [0.1, 0.15) is 25.7 Å². The van der Waals surface area contributed by atoms with Crippen molar-refractivity contribution in [2.45, 2.75) is 31.8 Å². The molecule has 2 fully saturated rings. The molecule has 0 aliphatic carbocycles. The zero-order valence-corrected chi connectivity index (χ0v) is 14.6. The molecule has 2 amide bonds. The summed E-state index contributed by atoms with van der Waals surface area (Å²) in [6.07, 6.45) is 4.69. The summed E-state index contributed by atoms with van der Waals surface area (Å²) in [5, 5.41) is 6.89. The lowest BCUT2D eigenvalue weighted by atomic mass is 10.1. The van der Waals surface area contributed by atoms with Gasteiger partial charge in [-0.3, -0.25) is 14.4 Å². The lowest BCUT2D eigenvalue weighted by molar-refractivity contribution is -0.138. The zero-order chi connectivity index (χ0) is 18.5. The molecule has 1 unspecified atom stereocenters. The maximum atomic E-state index is 12.1. The summed E-state index contributed by atoms with van der Waals surface area (Å²) in [4.78, 5) is 35.3. The molecule has 9 nitrogen and oxygen atoms in total. The predicted octanol–water partition coefficient (Wildman–Crippen LogP) is -0.707. The van der Waals surface area contributed by atoms with Gasteiger partial charge in [0, 0.05) is 26.2 Å². The van der Waals surface area contributed by atoms with Crippen molar-refractivity contribution in [1.29, 1.82) is 0 Å². The second kappa shape index (κ2) is 12.6. The van der Waals surface area contributed by atoms with Crippen molar-refractivity contribution in [1.82, 2.24) is 9.80 Å². The van der Waals surface area contributed by atoms with Gasteiger partial charge in [0.05, 0.1) is 6.10 Å². The number of carbonyl (C=O) groups is 3. The number of primary amides is 1. The molecule has 2 aliphatic rings. The van der Waals surface area contributed by atoms with Crippen LogP contribution in [0.2, 0.25) is 0 Å². The molecule has 0 radical (unpaired) electrons. The molecular formula is C16H29N3O6. The first-order valence-corrected chi connectivity index (χ1v) is 8.62. The highest BCUT2D eigenvalue weighted by molar-refractivity contribution is 5.79. The first kappa shape index (κ1) is 21.3. The fraction of sp³-hybridized carbons (Fsp3) is 0.812. The Morgan fingerprint density at radius 2 is 1.84 bits per heavy atom. The number of rotatable bonds is 6. The lowest BCUT2D eigenvalue weighted by Crippen LogP contribution is -2.44. The maximum Gasteiger partial charge on any atom is 0.290 e. The minimum absolute atomic E-state index is 0.0562. The van der Waals surface area contributed by atoms with Crippen LogP contribution in [0.25, 0.3) is 0 Å². The molecule has 3 N–H and O–H groups in total. The van der Waals surface area contributed by atoms with E-state index in [4.69, 9.17) is 25.1 Å². The normalized spacial score (nSPS) is 21.6. The molecule has 2 saturated heterocycles. The number of amides is 2. The molecule has 0 saturated carbocycles. The Balaban J connectivity index is 0.000000970. The van der Waals surface area contributed by atoms with Crippen molar-refractivity contribution in [2.24, 2.45) is 5.73 Å². The Bertz CT molecular complexity index is 415. The van der Waals surface area contributed by atoms with E-state index >= 15 is 0 Å². The zero-order valence-electron chi connectivity index (χ0n) is 14.6. The highest BCUT2D eigenvalue weighted by Gasteiger charge is 2.25. The number of hydrogen-bond donors (Lipinski definition) is 2. The Labute approximate surface area is 148 Å². The highest BCUT2D eigenvalue weighted by atomic mass is 16.5. The van der Waals surface area contributed by atoms with E-state index in [2.05, 4.69) is 4.90 Å². The second-order valence-electron chi connectivity index (χ2n) is 6.11. The molecule has 2 aliphatic heterocycles. The molecule has 9 heteroatoms. The number of hydrogen-bond acceptors (Lipinski definition) is 6. The van der Waals surface area contributed by atoms with E-state index in [1.54, 1.807) is 4.90 Å². The lowest BCUT2D eigenvalue weighted by Gasteiger charge is -2.31. The number of piperidine rings is 1. The van der Waals surface area contributed by atoms with Crippen LogP contribution in [-0.4, -0.2) is 91.8 Å². The van der Waals surface area contributed by atoms with Crippen molar-refractivity contribution >= 4 is 18.3 Å². The van der Waals surface area contributed by atoms with Crippen molar-refractivity contribution in [3.63, 3.8) is 0 Å². The Kier molecular flexibility index (Phi) is 10.8. The summed E-state index contributed by atoms with van der Waals surface area (Å²) in [5.74, 6) is -0.662. The van der Waals surface area contributed by atoms with E-state index < -0.39 is 5.91 Å². The van der Waals surface area contributed by atoms with Crippen LogP contribution in [0.5, 0.6) is 0 Å². The van der Waals surface area contributed by atoms with Gasteiger partial charge in [-0.2, -0.15) is 0 Å². The molecule has 1 atom stereocenters. The van der Waals surface area contributed by atoms with Gasteiger partial charge in [0.2, 0.25) is 11.8 Å². The van der Waals surface area contributed by atoms with Crippen LogP contribution < -0.4 is 5.73 Å². The Hall–Kier alpha value is -1.71. The van der Waals surface area contributed by atoms with Crippen LogP contribution in [0.3, 0.4) is 0 Å². The highest BCUT2D eigenvalue weighted by Crippen LogP contribution is 2.13. The van der Waals surface area contributed by atoms with Crippen LogP contribution in [0.15, 0.2) is 0 Å². The second-order valence-corrected chi connectivity index (χ2v) is 6.11. The topological polar surface area (TPSA) is 122 Å². The van der Waals surface area contributed by atoms with Crippen LogP contribution >= 0.6 is 0 Å². The van der Waals surface area contributed by atoms with Gasteiger partial charge in [-0.25, -0.2) is 0 Å². The van der Waals surface area contributed by atoms with Crippen molar-refractivity contribution in [3.8, 4) is 0 Å². The third kappa shape index (κ3) is 9.37. The largest absolute Gasteiger partial charge is 0.483 e. The minimum atomic E-state index is -0.560. The third-order valence-electron chi connectivity index (χ3n) is 4.08. The molecule has 0 aromatic carbocycles. The molecule has 0 bridgehead atoms. The van der Waals surface area contributed by atoms with Gasteiger partial charge >= 0.3 is 0 Å². The summed E-state index contributed by atoms with van der Waals surface area (Å²) in [7, 11) is 0. The van der Waals surface area contributed by atoms with E-state index in [1.165, 1.54) is 19.3 Å². The standard InChI is InChI=1S/C15H27N3O4.CH2O2/c16-14(19)11-21-12-15(20)18-7-4-8-22-13(10-18)9-17-5-2-1-3-6-17;2-1-3/h13H,1-12H2,(H2,16,19);1H,(H,2,3). The SMILES string of the molecule is NC(=O)COCC(=O)N1CCCOC(CN2CCCCC2)C1.O=CO. The maximum absolute atomic E-state index is 12.1. The molecule has 0 spiro atoms. The number of nitrogens with zero attached hydrogens (tertiary/aromatic N) is 2. The number of carboxylic acid groups (broad SMARTS) is 1. The average molecular weight is 359 g/mol. The molecule has 25 heavy (non-hydrogen) atoms. The van der Waals surface area contributed by atoms with Gasteiger partial charge < -0.3 is 30.1 Å². The Morgan fingerprint density at radius 3 is 2.48 bits per heavy atom. The molecular weight excluding hydrogens is 330 g/mol. The quantitative estimate of drug-likeness (QED) is 0.601. The smallest absolute Gasteiger partial charge is 0.290 e. The predicted molar refractivity (Wildman–Crippen MR) is 89.9 cm³/mol. The van der Waals surface area contributed by atoms with Gasteiger partial charge in [0.25, 0.3) is 6.47 Å². The number of nitrogens with two attached hydrogens (primary N) is 1. The molecule has 0 aromatic heterocycles. The summed E-state index contributed by atoms with van der Waals surface area (Å²) in [6, 6.07) is 0. The van der Waals surface area contributed by atoms with Crippen LogP contribution in [-0.2, 0) is 23.9 Å². The Morgan fingerprint density at radius 1 is 1.16 bits per heavy atom. The molecule has 144 valence electrons. The fourth-order valence-corrected chi connectivity index (χ4v) is 2.99. The van der Waals surface area contributed by atoms with Crippen molar-refractivity contribution in [2.75, 3.05) is 52.5 Å². The van der Waals surface area contributed by atoms with Gasteiger partial charge in [-0.15, -0.1) is 0 Å². The van der Waals surface area contributed by atoms with E-state index in [1.807, 2.05) is 0 Å². The molecule has 2 heterocycles. The van der Waals surface area contributed by atoms with Gasteiger partial charge in [0.1, 0.15) is 13.2 Å². The number of carbonyl (C=O) groups excluding carboxylic acids is 2. The summed E-state index contributed by atoms with van der Waals surface area (Å²) in [5.41, 5.74) is 4.99. The van der Waals surface area contributed by atoms with Crippen molar-refractivity contribution in [3.05, 3.63) is 0 Å². The molecule has 2 rings (SSSR count). The first-order chi connectivity index (χ1) is 12.1. The summed E-state index contributed by atoms with van der Waals surface area (Å²) in [6.45, 7) is 4.51. The number of ether oxygens (including phenoxy) is 2. The summed E-state index contributed by atoms with van der Waals surface area (Å²) < 4.78 is 10.9. The first-order valence-electron chi connectivity index (χ1n) is 8.62. The van der Waals surface area contributed by atoms with Crippen LogP contribution in [0, 0.1) is 0 Å². The third-order valence-corrected chi connectivity index (χ3v) is 4.08. The van der Waals surface area contributed by atoms with Gasteiger partial charge in [-0.05, 0) is 32.4 Å². The van der Waals surface area contributed by atoms with Crippen molar-refractivity contribution < 1.29 is 29.0 Å². The minimum Gasteiger partial charge on any atom is -0.483 e. The molecule has 0 aromatic rings. The average Bonchev–Trinajstić information content (AvgIpc) is 2.82. The van der Waals surface area contributed by atoms with Crippen LogP contribution in [0.4, 0.5) is 0 Å². The van der Waals surface area contributed by atoms with Gasteiger partial charge in [-0.1, -0.05) is 6.42 Å². The van der Waals surface area contributed by atoms with E-state index in [-0.39, 0.29) is 31.7 Å². The van der Waals surface area contributed by atoms with E-state index in [9.17, 15) is 9.59 Å². The van der Waals surface area contributed by atoms with Gasteiger partial charge in [0.15, 0.2) is 0 Å². The van der Waals surface area contributed by atoms with E-state index in [0.717, 1.165) is 26.1 Å². The number of likely N-dealkylation sites (tertiary alicyclic amines) is 1. The summed E-state index contributed by atoms with van der Waals surface area (Å²) >= 11 is 0. The monoisotopic (exact) mass is 359 g/mol. The van der Waals surface area contributed by atoms with E-state index in [0.29, 0.717) is 19.7 Å².